The minimum absolute atomic E-state index is 0. The number of rotatable bonds is 8. The first-order chi connectivity index (χ1) is 39.3. The molecule has 75 heavy (non-hydrogen) atoms. The number of aromatic nitrogens is 3. The van der Waals surface area contributed by atoms with Gasteiger partial charge in [0.15, 0.2) is 0 Å². The van der Waals surface area contributed by atoms with Gasteiger partial charge in [0.25, 0.3) is 0 Å². The molecule has 6 nitrogen and oxygen atoms in total. The summed E-state index contributed by atoms with van der Waals surface area (Å²) in [6.45, 7) is 15.2. The van der Waals surface area contributed by atoms with Gasteiger partial charge in [-0.05, 0) is 110 Å². The number of ether oxygens (including phenoxy) is 1. The van der Waals surface area contributed by atoms with Crippen LogP contribution in [0.15, 0.2) is 212 Å². The van der Waals surface area contributed by atoms with E-state index in [1.165, 1.54) is 5.56 Å². The zero-order valence-electron chi connectivity index (χ0n) is 50.1. The van der Waals surface area contributed by atoms with Crippen LogP contribution in [0.1, 0.15) is 63.6 Å². The molecular formula is C68H54N5OPt-3. The van der Waals surface area contributed by atoms with Crippen molar-refractivity contribution in [3.8, 4) is 45.3 Å². The summed E-state index contributed by atoms with van der Waals surface area (Å²) in [4.78, 5) is 9.27. The quantitative estimate of drug-likeness (QED) is 0.142. The SMILES string of the molecule is [2H]c1c([2H])c([2H])c2c(c1[2H])c1c([2H])c([2H])c([2H])c([2H])c1n2-c1cc(Oc2[c-]c(N3[CH-]N(c4cc(-c5ccccc5)cc(C(C)(C)C)c4)c4cc(-c5ccccc5)ccc43)ccc2)[c-]c2c1c1ccccc1n2-c1cc(C(C)(C)C)ccn1.[Pt]. The number of hydrogen-bond acceptors (Lipinski definition) is 4. The summed E-state index contributed by atoms with van der Waals surface area (Å²) in [7, 11) is 0. The summed E-state index contributed by atoms with van der Waals surface area (Å²) in [5.74, 6) is 1.11. The average molecular weight is 1160 g/mol. The molecule has 0 unspecified atom stereocenters. The molecule has 0 radical (unpaired) electrons. The molecule has 0 aliphatic carbocycles. The molecule has 0 fully saturated rings. The van der Waals surface area contributed by atoms with Crippen LogP contribution in [0.25, 0.3) is 77.4 Å². The van der Waals surface area contributed by atoms with Crippen molar-refractivity contribution in [2.75, 3.05) is 9.80 Å². The van der Waals surface area contributed by atoms with Gasteiger partial charge in [-0.3, -0.25) is 0 Å². The van der Waals surface area contributed by atoms with E-state index in [1.54, 1.807) is 16.8 Å². The summed E-state index contributed by atoms with van der Waals surface area (Å²) in [5, 5.41) is 1.24. The van der Waals surface area contributed by atoms with Crippen molar-refractivity contribution in [2.45, 2.75) is 52.4 Å². The van der Waals surface area contributed by atoms with E-state index in [4.69, 9.17) is 15.2 Å². The molecule has 1 aliphatic rings. The molecule has 0 saturated heterocycles. The second kappa shape index (κ2) is 18.6. The van der Waals surface area contributed by atoms with Gasteiger partial charge in [0.05, 0.1) is 22.0 Å². The van der Waals surface area contributed by atoms with Gasteiger partial charge in [-0.15, -0.1) is 42.7 Å². The summed E-state index contributed by atoms with van der Waals surface area (Å²) in [6.07, 6.45) is 1.78. The first-order valence-electron chi connectivity index (χ1n) is 28.8. The second-order valence-electron chi connectivity index (χ2n) is 20.8. The molecule has 370 valence electrons. The van der Waals surface area contributed by atoms with E-state index in [0.29, 0.717) is 33.8 Å². The van der Waals surface area contributed by atoms with Crippen molar-refractivity contribution >= 4 is 66.4 Å². The zero-order valence-corrected chi connectivity index (χ0v) is 44.4. The summed E-state index contributed by atoms with van der Waals surface area (Å²) in [6, 6.07) is 56.7. The van der Waals surface area contributed by atoms with E-state index >= 15 is 0 Å². The number of anilines is 4. The van der Waals surface area contributed by atoms with E-state index in [2.05, 4.69) is 143 Å². The van der Waals surface area contributed by atoms with Gasteiger partial charge in [-0.1, -0.05) is 180 Å². The predicted molar refractivity (Wildman–Crippen MR) is 307 cm³/mol. The minimum atomic E-state index is -0.524. The summed E-state index contributed by atoms with van der Waals surface area (Å²) >= 11 is 0. The Labute approximate surface area is 464 Å². The van der Waals surface area contributed by atoms with E-state index in [1.807, 2.05) is 83.4 Å². The molecule has 0 N–H and O–H groups in total. The summed E-state index contributed by atoms with van der Waals surface area (Å²) < 4.78 is 83.5. The van der Waals surface area contributed by atoms with Gasteiger partial charge < -0.3 is 23.7 Å². The largest absolute Gasteiger partial charge is 0.509 e. The Morgan fingerprint density at radius 3 is 1.87 bits per heavy atom. The van der Waals surface area contributed by atoms with Crippen molar-refractivity contribution in [1.82, 2.24) is 14.1 Å². The Bertz CT molecular complexity index is 4530. The fourth-order valence-electron chi connectivity index (χ4n) is 10.2. The number of para-hydroxylation sites is 3. The Kier molecular flexibility index (Phi) is 9.77. The molecule has 0 spiro atoms. The van der Waals surface area contributed by atoms with E-state index in [-0.39, 0.29) is 59.5 Å². The average Bonchev–Trinajstić information content (AvgIpc) is 1.87. The molecule has 3 aromatic heterocycles. The standard InChI is InChI=1S/C68H54N5O.Pt/c1-67(2,3)49-34-35-69-65(40-49)73-60-31-18-15-28-57(60)66-63(72-58-29-16-13-26-55(58)56-27-14-17-30-59(56)72)42-54(43-64(66)73)74-53-25-19-24-51(41-53)70-44-71(62-38-47(32-33-61(62)70)45-20-9-7-10-21-45)52-37-48(46-22-11-8-12-23-46)36-50(39-52)68(4,5)6;/h7-40,42,44H,1-6H3;/q-3;/i13D,14D,16D,17D,26D,27D,29D,30D;. The van der Waals surface area contributed by atoms with Gasteiger partial charge in [0.2, 0.25) is 0 Å². The van der Waals surface area contributed by atoms with Gasteiger partial charge in [-0.25, -0.2) is 4.98 Å². The topological polar surface area (TPSA) is 38.5 Å². The molecule has 7 heteroatoms. The number of hydrogen-bond donors (Lipinski definition) is 0. The third-order valence-electron chi connectivity index (χ3n) is 14.0. The van der Waals surface area contributed by atoms with E-state index in [9.17, 15) is 5.48 Å². The van der Waals surface area contributed by atoms with Crippen LogP contribution in [-0.2, 0) is 31.9 Å². The predicted octanol–water partition coefficient (Wildman–Crippen LogP) is 18.0. The van der Waals surface area contributed by atoms with E-state index in [0.717, 1.165) is 55.8 Å². The van der Waals surface area contributed by atoms with Crippen LogP contribution in [0, 0.1) is 18.8 Å². The summed E-state index contributed by atoms with van der Waals surface area (Å²) in [5.41, 5.74) is 11.3. The van der Waals surface area contributed by atoms with Crippen molar-refractivity contribution in [2.24, 2.45) is 0 Å². The fraction of sp³-hybridized carbons (Fsp3) is 0.118. The van der Waals surface area contributed by atoms with Crippen LogP contribution in [-0.4, -0.2) is 14.1 Å². The van der Waals surface area contributed by atoms with Crippen LogP contribution >= 0.6 is 0 Å². The van der Waals surface area contributed by atoms with Crippen LogP contribution in [0.2, 0.25) is 0 Å². The van der Waals surface area contributed by atoms with Gasteiger partial charge in [0, 0.05) is 72.1 Å². The van der Waals surface area contributed by atoms with Crippen LogP contribution < -0.4 is 14.5 Å². The van der Waals surface area contributed by atoms with Crippen molar-refractivity contribution in [1.29, 1.82) is 0 Å². The molecule has 0 saturated carbocycles. The van der Waals surface area contributed by atoms with Gasteiger partial charge in [0.1, 0.15) is 5.82 Å². The number of benzene rings is 9. The zero-order chi connectivity index (χ0) is 57.3. The smallest absolute Gasteiger partial charge is 0.135 e. The molecule has 4 heterocycles. The van der Waals surface area contributed by atoms with Crippen molar-refractivity contribution in [3.05, 3.63) is 242 Å². The normalized spacial score (nSPS) is 14.2. The fourth-order valence-corrected chi connectivity index (χ4v) is 10.2. The maximum atomic E-state index is 9.49. The van der Waals surface area contributed by atoms with Gasteiger partial charge >= 0.3 is 0 Å². The molecule has 1 aliphatic heterocycles. The van der Waals surface area contributed by atoms with Crippen molar-refractivity contribution < 1.29 is 36.8 Å². The maximum absolute atomic E-state index is 9.49. The molecule has 0 amide bonds. The third-order valence-corrected chi connectivity index (χ3v) is 14.0. The van der Waals surface area contributed by atoms with E-state index < -0.39 is 48.3 Å². The molecule has 0 atom stereocenters. The first kappa shape index (κ1) is 39.3. The first-order valence-corrected chi connectivity index (χ1v) is 24.8. The Morgan fingerprint density at radius 2 is 1.16 bits per heavy atom. The molecule has 0 bridgehead atoms. The molecule has 12 aromatic rings. The monoisotopic (exact) mass is 1160 g/mol. The number of pyridine rings is 1. The molecule has 9 aromatic carbocycles. The maximum Gasteiger partial charge on any atom is 0.135 e. The Hall–Kier alpha value is -8.18. The molecule has 13 rings (SSSR count). The minimum Gasteiger partial charge on any atom is -0.509 e. The van der Waals surface area contributed by atoms with Crippen LogP contribution in [0.3, 0.4) is 0 Å². The molecular weight excluding hydrogens is 1100 g/mol. The Balaban J connectivity index is 0.00000680. The second-order valence-corrected chi connectivity index (χ2v) is 20.8. The number of nitrogens with zero attached hydrogens (tertiary/aromatic N) is 5. The number of fused-ring (bicyclic) bond motifs is 7. The van der Waals surface area contributed by atoms with Crippen LogP contribution in [0.4, 0.5) is 22.7 Å². The van der Waals surface area contributed by atoms with Gasteiger partial charge in [-0.2, -0.15) is 6.07 Å². The van der Waals surface area contributed by atoms with Crippen molar-refractivity contribution in [3.63, 3.8) is 0 Å². The Morgan fingerprint density at radius 1 is 0.493 bits per heavy atom. The third kappa shape index (κ3) is 8.48. The van der Waals surface area contributed by atoms with Crippen LogP contribution in [0.5, 0.6) is 11.5 Å².